The summed E-state index contributed by atoms with van der Waals surface area (Å²) in [6.07, 6.45) is -0.508. The van der Waals surface area contributed by atoms with Crippen molar-refractivity contribution in [2.24, 2.45) is 0 Å². The molecule has 1 aromatic rings. The van der Waals surface area contributed by atoms with Crippen molar-refractivity contribution in [3.63, 3.8) is 0 Å². The van der Waals surface area contributed by atoms with Gasteiger partial charge in [-0.25, -0.2) is 9.18 Å². The summed E-state index contributed by atoms with van der Waals surface area (Å²) in [6, 6.07) is 2.20. The first-order valence-electron chi connectivity index (χ1n) is 5.71. The lowest BCUT2D eigenvalue weighted by molar-refractivity contribution is -0.147. The molecule has 0 bridgehead atoms. The first-order valence-corrected chi connectivity index (χ1v) is 5.71. The van der Waals surface area contributed by atoms with Crippen LogP contribution in [-0.4, -0.2) is 36.1 Å². The number of carboxylic acid groups (broad SMARTS) is 1. The fourth-order valence-electron chi connectivity index (χ4n) is 1.56. The Hall–Kier alpha value is -2.44. The molecule has 0 aliphatic carbocycles. The number of hydrogen-bond acceptors (Lipinski definition) is 4. The van der Waals surface area contributed by atoms with Crippen LogP contribution in [0.1, 0.15) is 22.3 Å². The minimum absolute atomic E-state index is 0.0152. The van der Waals surface area contributed by atoms with Crippen LogP contribution in [-0.2, 0) is 14.3 Å². The van der Waals surface area contributed by atoms with Gasteiger partial charge in [0.2, 0.25) is 0 Å². The minimum Gasteiger partial charge on any atom is -0.480 e. The molecule has 6 nitrogen and oxygen atoms in total. The van der Waals surface area contributed by atoms with Crippen molar-refractivity contribution in [3.8, 4) is 0 Å². The van der Waals surface area contributed by atoms with E-state index in [1.165, 1.54) is 12.1 Å². The molecule has 0 aliphatic heterocycles. The van der Waals surface area contributed by atoms with Gasteiger partial charge in [0, 0.05) is 5.56 Å². The molecular weight excluding hydrogens is 269 g/mol. The van der Waals surface area contributed by atoms with E-state index in [9.17, 15) is 18.8 Å². The number of carboxylic acids is 1. The van der Waals surface area contributed by atoms with Gasteiger partial charge in [-0.15, -0.1) is 0 Å². The van der Waals surface area contributed by atoms with Gasteiger partial charge in [-0.1, -0.05) is 0 Å². The molecule has 0 fully saturated rings. The predicted molar refractivity (Wildman–Crippen MR) is 66.7 cm³/mol. The summed E-state index contributed by atoms with van der Waals surface area (Å²) in [6.45, 7) is 1.60. The number of esters is 1. The molecule has 0 heterocycles. The van der Waals surface area contributed by atoms with Crippen molar-refractivity contribution in [1.82, 2.24) is 5.32 Å². The summed E-state index contributed by atoms with van der Waals surface area (Å²) in [5, 5.41) is 11.1. The standard InChI is InChI=1S/C13H14FNO5/c1-7-3-8(5-9(14)4-7)12(17)15-10(13(18)19)6-11(16)20-2/h3-5,10H,6H2,1-2H3,(H,15,17)(H,18,19)/t10-/m0/s1. The minimum atomic E-state index is -1.43. The summed E-state index contributed by atoms with van der Waals surface area (Å²) in [5.41, 5.74) is 0.508. The second-order valence-electron chi connectivity index (χ2n) is 4.16. The lowest BCUT2D eigenvalue weighted by Crippen LogP contribution is -2.42. The topological polar surface area (TPSA) is 92.7 Å². The van der Waals surface area contributed by atoms with Crippen molar-refractivity contribution in [1.29, 1.82) is 0 Å². The highest BCUT2D eigenvalue weighted by molar-refractivity contribution is 5.97. The third kappa shape index (κ3) is 4.34. The zero-order valence-electron chi connectivity index (χ0n) is 11.0. The fraction of sp³-hybridized carbons (Fsp3) is 0.308. The molecule has 0 saturated carbocycles. The van der Waals surface area contributed by atoms with E-state index in [0.717, 1.165) is 13.2 Å². The number of aryl methyl sites for hydroxylation is 1. The Kier molecular flexibility index (Phi) is 5.19. The molecular formula is C13H14FNO5. The van der Waals surface area contributed by atoms with Crippen molar-refractivity contribution in [3.05, 3.63) is 35.1 Å². The van der Waals surface area contributed by atoms with Crippen LogP contribution in [0.3, 0.4) is 0 Å². The Bertz CT molecular complexity index is 523. The number of amides is 1. The van der Waals surface area contributed by atoms with Crippen LogP contribution in [0, 0.1) is 12.7 Å². The van der Waals surface area contributed by atoms with Crippen LogP contribution in [0.15, 0.2) is 18.2 Å². The Labute approximate surface area is 114 Å². The van der Waals surface area contributed by atoms with Gasteiger partial charge in [0.1, 0.15) is 11.9 Å². The van der Waals surface area contributed by atoms with Crippen molar-refractivity contribution < 1.29 is 28.6 Å². The molecule has 1 aromatic carbocycles. The molecule has 0 saturated heterocycles. The average Bonchev–Trinajstić information content (AvgIpc) is 2.36. The second kappa shape index (κ2) is 6.65. The van der Waals surface area contributed by atoms with Crippen LogP contribution < -0.4 is 5.32 Å². The largest absolute Gasteiger partial charge is 0.480 e. The zero-order valence-corrected chi connectivity index (χ0v) is 11.0. The van der Waals surface area contributed by atoms with Crippen molar-refractivity contribution >= 4 is 17.8 Å². The third-order valence-electron chi connectivity index (χ3n) is 2.51. The first-order chi connectivity index (χ1) is 9.33. The number of carbonyl (C=O) groups excluding carboxylic acids is 2. The summed E-state index contributed by atoms with van der Waals surface area (Å²) < 4.78 is 17.5. The smallest absolute Gasteiger partial charge is 0.326 e. The zero-order chi connectivity index (χ0) is 15.3. The summed E-state index contributed by atoms with van der Waals surface area (Å²) in [5.74, 6) is -3.52. The van der Waals surface area contributed by atoms with Gasteiger partial charge < -0.3 is 15.2 Å². The van der Waals surface area contributed by atoms with E-state index in [1.54, 1.807) is 6.92 Å². The molecule has 2 N–H and O–H groups in total. The number of carbonyl (C=O) groups is 3. The highest BCUT2D eigenvalue weighted by Gasteiger charge is 2.24. The maximum absolute atomic E-state index is 13.2. The number of rotatable bonds is 5. The van der Waals surface area contributed by atoms with E-state index in [1.807, 2.05) is 0 Å². The van der Waals surface area contributed by atoms with Gasteiger partial charge in [0.25, 0.3) is 5.91 Å². The van der Waals surface area contributed by atoms with Gasteiger partial charge in [-0.2, -0.15) is 0 Å². The van der Waals surface area contributed by atoms with Gasteiger partial charge >= 0.3 is 11.9 Å². The number of halogens is 1. The summed E-state index contributed by atoms with van der Waals surface area (Å²) in [4.78, 5) is 33.9. The Morgan fingerprint density at radius 2 is 2.00 bits per heavy atom. The average molecular weight is 283 g/mol. The van der Waals surface area contributed by atoms with Crippen LogP contribution in [0.2, 0.25) is 0 Å². The molecule has 0 unspecified atom stereocenters. The third-order valence-corrected chi connectivity index (χ3v) is 2.51. The number of aliphatic carboxylic acids is 1. The van der Waals surface area contributed by atoms with E-state index in [-0.39, 0.29) is 5.56 Å². The van der Waals surface area contributed by atoms with Gasteiger partial charge in [-0.05, 0) is 30.7 Å². The molecule has 108 valence electrons. The molecule has 0 spiro atoms. The predicted octanol–water partition coefficient (Wildman–Crippen LogP) is 0.880. The molecule has 1 rings (SSSR count). The summed E-state index contributed by atoms with van der Waals surface area (Å²) >= 11 is 0. The second-order valence-corrected chi connectivity index (χ2v) is 4.16. The van der Waals surface area contributed by atoms with Crippen LogP contribution in [0.25, 0.3) is 0 Å². The van der Waals surface area contributed by atoms with E-state index in [2.05, 4.69) is 10.1 Å². The highest BCUT2D eigenvalue weighted by atomic mass is 19.1. The lowest BCUT2D eigenvalue weighted by Gasteiger charge is -2.13. The molecule has 20 heavy (non-hydrogen) atoms. The fourth-order valence-corrected chi connectivity index (χ4v) is 1.56. The van der Waals surface area contributed by atoms with Gasteiger partial charge in [0.05, 0.1) is 13.5 Å². The molecule has 1 atom stereocenters. The normalized spacial score (nSPS) is 11.6. The number of nitrogens with one attached hydrogen (secondary N) is 1. The quantitative estimate of drug-likeness (QED) is 0.782. The molecule has 0 aliphatic rings. The molecule has 0 aromatic heterocycles. The van der Waals surface area contributed by atoms with Crippen LogP contribution in [0.5, 0.6) is 0 Å². The van der Waals surface area contributed by atoms with Crippen molar-refractivity contribution in [2.45, 2.75) is 19.4 Å². The van der Waals surface area contributed by atoms with E-state index >= 15 is 0 Å². The monoisotopic (exact) mass is 283 g/mol. The van der Waals surface area contributed by atoms with Gasteiger partial charge in [0.15, 0.2) is 0 Å². The van der Waals surface area contributed by atoms with E-state index in [4.69, 9.17) is 5.11 Å². The number of methoxy groups -OCH3 is 1. The summed E-state index contributed by atoms with van der Waals surface area (Å²) in [7, 11) is 1.11. The molecule has 7 heteroatoms. The van der Waals surface area contributed by atoms with Crippen molar-refractivity contribution in [2.75, 3.05) is 7.11 Å². The van der Waals surface area contributed by atoms with Crippen LogP contribution >= 0.6 is 0 Å². The maximum atomic E-state index is 13.2. The highest BCUT2D eigenvalue weighted by Crippen LogP contribution is 2.09. The van der Waals surface area contributed by atoms with E-state index in [0.29, 0.717) is 5.56 Å². The Morgan fingerprint density at radius 1 is 1.35 bits per heavy atom. The molecule has 0 radical (unpaired) electrons. The number of benzene rings is 1. The Morgan fingerprint density at radius 3 is 2.50 bits per heavy atom. The SMILES string of the molecule is COC(=O)C[C@H](NC(=O)c1cc(C)cc(F)c1)C(=O)O. The first kappa shape index (κ1) is 15.6. The molecule has 1 amide bonds. The van der Waals surface area contributed by atoms with Gasteiger partial charge in [-0.3, -0.25) is 9.59 Å². The number of hydrogen-bond donors (Lipinski definition) is 2. The van der Waals surface area contributed by atoms with E-state index < -0.39 is 36.1 Å². The lowest BCUT2D eigenvalue weighted by atomic mass is 10.1. The number of ether oxygens (including phenoxy) is 1. The van der Waals surface area contributed by atoms with Crippen LogP contribution in [0.4, 0.5) is 4.39 Å². The Balaban J connectivity index is 2.85. The maximum Gasteiger partial charge on any atom is 0.326 e.